The molecule has 30 nitrogen and oxygen atoms in total. The predicted molar refractivity (Wildman–Crippen MR) is 280 cm³/mol. The van der Waals surface area contributed by atoms with Crippen molar-refractivity contribution in [1.82, 2.24) is 0 Å². The molecule has 0 heterocycles. The van der Waals surface area contributed by atoms with Crippen molar-refractivity contribution in [3.63, 3.8) is 0 Å². The van der Waals surface area contributed by atoms with Gasteiger partial charge >= 0.3 is 79.3 Å². The first-order valence-electron chi connectivity index (χ1n) is 24.8. The topological polar surface area (TPSA) is 411 Å². The fourth-order valence-corrected chi connectivity index (χ4v) is 5.20. The summed E-state index contributed by atoms with van der Waals surface area (Å²) >= 11 is 0. The Kier molecular flexibility index (Phi) is 39.3. The summed E-state index contributed by atoms with van der Waals surface area (Å²) in [5.74, 6) is -8.25. The summed E-state index contributed by atoms with van der Waals surface area (Å²) in [4.78, 5) is 140. The van der Waals surface area contributed by atoms with Crippen LogP contribution in [0.4, 0.5) is 11.4 Å². The van der Waals surface area contributed by atoms with Gasteiger partial charge in [-0.1, -0.05) is 27.7 Å². The summed E-state index contributed by atoms with van der Waals surface area (Å²) in [5, 5.41) is 39.5. The van der Waals surface area contributed by atoms with Gasteiger partial charge in [0.1, 0.15) is 19.8 Å². The van der Waals surface area contributed by atoms with Crippen LogP contribution >= 0.6 is 0 Å². The van der Waals surface area contributed by atoms with Crippen molar-refractivity contribution in [2.75, 3.05) is 60.9 Å². The molecule has 2 N–H and O–H groups in total. The molecule has 2 rings (SSSR count). The fraction of sp³-hybridized carbons (Fsp3) is 0.569. The average molecular weight is 1170 g/mol. The minimum absolute atomic E-state index is 0.0155. The van der Waals surface area contributed by atoms with E-state index in [1.165, 1.54) is 73.2 Å². The Morgan fingerprint density at radius 2 is 0.878 bits per heavy atom. The number of rotatable bonds is 31. The molecule has 0 aromatic heterocycles. The van der Waals surface area contributed by atoms with Gasteiger partial charge in [0.2, 0.25) is 0 Å². The van der Waals surface area contributed by atoms with E-state index in [2.05, 4.69) is 12.5 Å². The number of carbonyl (C=O) groups excluding carboxylic acids is 9. The van der Waals surface area contributed by atoms with Crippen LogP contribution in [0.15, 0.2) is 41.3 Å². The maximum absolute atomic E-state index is 12.1. The van der Waals surface area contributed by atoms with E-state index in [4.69, 9.17) is 62.3 Å². The summed E-state index contributed by atoms with van der Waals surface area (Å²) in [7, 11) is 8.89. The van der Waals surface area contributed by atoms with Gasteiger partial charge in [0.05, 0.1) is 90.8 Å². The van der Waals surface area contributed by atoms with Gasteiger partial charge in [-0.15, -0.1) is 0 Å². The Morgan fingerprint density at radius 3 is 1.23 bits per heavy atom. The number of aliphatic hydroxyl groups excluding tert-OH is 1. The maximum atomic E-state index is 12.1. The predicted octanol–water partition coefficient (Wildman–Crippen LogP) is 4.06. The molecule has 0 saturated carbocycles. The van der Waals surface area contributed by atoms with Gasteiger partial charge in [-0.3, -0.25) is 39.4 Å². The van der Waals surface area contributed by atoms with Crippen LogP contribution in [0.25, 0.3) is 0 Å². The number of methoxy groups -OCH3 is 2. The molecular formula is C51H71BN3O27. The van der Waals surface area contributed by atoms with Gasteiger partial charge in [0.25, 0.3) is 11.4 Å². The van der Waals surface area contributed by atoms with Gasteiger partial charge in [-0.05, 0) is 63.8 Å². The van der Waals surface area contributed by atoms with Crippen molar-refractivity contribution in [3.8, 4) is 0 Å². The van der Waals surface area contributed by atoms with Crippen LogP contribution in [-0.2, 0) is 104 Å². The van der Waals surface area contributed by atoms with Crippen LogP contribution in [0.1, 0.15) is 113 Å². The first kappa shape index (κ1) is 75.8. The van der Waals surface area contributed by atoms with E-state index in [-0.39, 0.29) is 85.8 Å². The number of nitrogens with zero attached hydrogens (tertiary/aromatic N) is 3. The Bertz CT molecular complexity index is 2450. The summed E-state index contributed by atoms with van der Waals surface area (Å²) in [5.41, 5.74) is -0.605. The van der Waals surface area contributed by atoms with Crippen LogP contribution in [0.2, 0.25) is 0 Å². The van der Waals surface area contributed by atoms with E-state index in [9.17, 15) is 68.2 Å². The second kappa shape index (κ2) is 42.6. The van der Waals surface area contributed by atoms with E-state index in [0.717, 1.165) is 12.1 Å². The summed E-state index contributed by atoms with van der Waals surface area (Å²) in [6.45, 7) is 12.5. The monoisotopic (exact) mass is 1170 g/mol. The van der Waals surface area contributed by atoms with Crippen molar-refractivity contribution in [1.29, 1.82) is 0 Å². The van der Waals surface area contributed by atoms with E-state index in [1.54, 1.807) is 0 Å². The summed E-state index contributed by atoms with van der Waals surface area (Å²) in [6, 6.07) is 7.31. The molecule has 0 fully saturated rings. The van der Waals surface area contributed by atoms with Gasteiger partial charge in [0.15, 0.2) is 24.4 Å². The molecule has 82 heavy (non-hydrogen) atoms. The molecule has 0 aliphatic heterocycles. The number of carbonyl (C=O) groups is 10. The number of carboxylic acid groups (broad SMARTS) is 1. The average Bonchev–Trinajstić information content (AvgIpc) is 3.42. The standard InChI is InChI=1S/C25H33NO13.C14H22O8.C11H13NO6.CH3BN/c1-15(2)13-37-23(29)16(3)39-24(30)17(4)38-22(28)9-8-21(27)36-14-19-7-6-18(12-20(19)26(32)33)25(31)35-11-10-34-5;1-8(2)7-20-13(18)9(3)22-14(19)10(4)21-12(17)6-5-11(15)16;1-17-4-5-18-11(14)8-2-3-9(7-13)10(6-8)12(15)16;1-3-2/h6-7,12,15-17H,8-11,13-14H2,1-5H3;8-10H,5-7H2,1-4H3,(H,15,16);2-3,6,13H,4-5,7H2,1H3;1H3. The molecular weight excluding hydrogens is 1100 g/mol. The molecule has 455 valence electrons. The van der Waals surface area contributed by atoms with Gasteiger partial charge in [-0.2, -0.15) is 0 Å². The van der Waals surface area contributed by atoms with Gasteiger partial charge in [0, 0.05) is 26.4 Å². The van der Waals surface area contributed by atoms with E-state index < -0.39 is 132 Å². The number of hydrogen-bond donors (Lipinski definition) is 2. The minimum atomic E-state index is -1.35. The van der Waals surface area contributed by atoms with Crippen molar-refractivity contribution in [2.45, 2.75) is 119 Å². The van der Waals surface area contributed by atoms with Crippen molar-refractivity contribution < 1.29 is 120 Å². The van der Waals surface area contributed by atoms with Crippen molar-refractivity contribution in [3.05, 3.63) is 78.9 Å². The molecule has 4 unspecified atom stereocenters. The number of ether oxygens (including phenoxy) is 11. The second-order valence-electron chi connectivity index (χ2n) is 17.4. The van der Waals surface area contributed by atoms with Gasteiger partial charge < -0.3 is 62.3 Å². The molecule has 2 aromatic carbocycles. The molecule has 1 radical (unpaired) electrons. The Hall–Kier alpha value is -8.32. The fourth-order valence-electron chi connectivity index (χ4n) is 5.20. The second-order valence-corrected chi connectivity index (χ2v) is 17.4. The zero-order chi connectivity index (χ0) is 63.1. The first-order valence-corrected chi connectivity index (χ1v) is 24.8. The van der Waals surface area contributed by atoms with Crippen LogP contribution in [-0.4, -0.2) is 173 Å². The van der Waals surface area contributed by atoms with Crippen LogP contribution in [0.3, 0.4) is 0 Å². The first-order chi connectivity index (χ1) is 38.5. The molecule has 0 aliphatic carbocycles. The Balaban J connectivity index is 0. The van der Waals surface area contributed by atoms with E-state index in [0.29, 0.717) is 0 Å². The number of nitro benzene ring substituents is 2. The molecule has 0 bridgehead atoms. The van der Waals surface area contributed by atoms with Crippen molar-refractivity contribution in [2.24, 2.45) is 16.7 Å². The van der Waals surface area contributed by atoms with Crippen LogP contribution < -0.4 is 0 Å². The molecule has 4 atom stereocenters. The molecule has 0 saturated heterocycles. The number of carboxylic acids is 1. The third-order valence-corrected chi connectivity index (χ3v) is 9.36. The Morgan fingerprint density at radius 1 is 0.524 bits per heavy atom. The number of esters is 9. The molecule has 2 aromatic rings. The van der Waals surface area contributed by atoms with E-state index >= 15 is 0 Å². The molecule has 0 aliphatic rings. The van der Waals surface area contributed by atoms with E-state index in [1.807, 2.05) is 27.7 Å². The molecule has 31 heteroatoms. The summed E-state index contributed by atoms with van der Waals surface area (Å²) < 4.78 is 53.5. The number of aliphatic hydroxyl groups is 1. The number of aliphatic carboxylic acids is 1. The number of hydrogen-bond acceptors (Lipinski definition) is 27. The normalized spacial score (nSPS) is 11.7. The van der Waals surface area contributed by atoms with Crippen molar-refractivity contribution >= 4 is 78.7 Å². The van der Waals surface area contributed by atoms with Crippen LogP contribution in [0.5, 0.6) is 0 Å². The SMILES string of the molecule is CC(C)COC(=O)C(C)OC(=O)C(C)OC(=O)CCC(=O)O.COCCOC(=O)c1ccc(CO)c([N+](=O)[O-])c1.COCCOC(=O)c1ccc(COC(=O)CCC(=O)OC(C)C(=O)OC(C)C(=O)OCC(C)C)c([N+](=O)[O-])c1.[B]=NC. The molecule has 0 amide bonds. The third kappa shape index (κ3) is 34.0. The van der Waals surface area contributed by atoms with Gasteiger partial charge in [-0.25, -0.2) is 28.8 Å². The molecule has 0 spiro atoms. The quantitative estimate of drug-likeness (QED) is 0.0268. The number of benzene rings is 2. The summed E-state index contributed by atoms with van der Waals surface area (Å²) in [6.07, 6.45) is -6.53. The third-order valence-electron chi connectivity index (χ3n) is 9.36. The Labute approximate surface area is 473 Å². The number of nitro groups is 2. The zero-order valence-corrected chi connectivity index (χ0v) is 47.4. The van der Waals surface area contributed by atoms with Crippen LogP contribution in [0, 0.1) is 32.1 Å². The zero-order valence-electron chi connectivity index (χ0n) is 47.4.